The minimum Gasteiger partial charge on any atom is -0.383 e. The van der Waals surface area contributed by atoms with Crippen LogP contribution in [0.3, 0.4) is 0 Å². The lowest BCUT2D eigenvalue weighted by Crippen LogP contribution is -2.37. The molecule has 2 rings (SSSR count). The van der Waals surface area contributed by atoms with Gasteiger partial charge in [-0.3, -0.25) is 0 Å². The van der Waals surface area contributed by atoms with Crippen LogP contribution in [0.2, 0.25) is 0 Å². The molecular formula is C12H21N3O4. The van der Waals surface area contributed by atoms with Crippen LogP contribution in [-0.4, -0.2) is 41.6 Å². The zero-order chi connectivity index (χ0) is 13.7. The average molecular weight is 271 g/mol. The van der Waals surface area contributed by atoms with E-state index in [0.717, 1.165) is 0 Å². The lowest BCUT2D eigenvalue weighted by Gasteiger charge is -2.33. The van der Waals surface area contributed by atoms with Crippen molar-refractivity contribution >= 4 is 0 Å². The fourth-order valence-corrected chi connectivity index (χ4v) is 2.25. The summed E-state index contributed by atoms with van der Waals surface area (Å²) >= 11 is 0. The Morgan fingerprint density at radius 3 is 2.84 bits per heavy atom. The number of ether oxygens (including phenoxy) is 2. The fourth-order valence-electron chi connectivity index (χ4n) is 2.25. The predicted molar refractivity (Wildman–Crippen MR) is 66.3 cm³/mol. The number of aromatic nitrogens is 2. The lowest BCUT2D eigenvalue weighted by atomic mass is 9.93. The molecule has 1 aromatic heterocycles. The maximum Gasteiger partial charge on any atom is 0.255 e. The number of nitrogens with two attached hydrogens (primary N) is 1. The number of rotatable bonds is 6. The number of hydrogen-bond donors (Lipinski definition) is 2. The van der Waals surface area contributed by atoms with Crippen molar-refractivity contribution in [3.8, 4) is 0 Å². The second kappa shape index (κ2) is 6.42. The maximum absolute atomic E-state index is 9.80. The highest BCUT2D eigenvalue weighted by Gasteiger charge is 2.40. The van der Waals surface area contributed by atoms with Crippen molar-refractivity contribution < 1.29 is 19.1 Å². The third-order valence-electron chi connectivity index (χ3n) is 3.30. The molecule has 0 aliphatic carbocycles. The molecule has 2 heterocycles. The van der Waals surface area contributed by atoms with Crippen LogP contribution in [-0.2, 0) is 15.1 Å². The molecule has 7 nitrogen and oxygen atoms in total. The van der Waals surface area contributed by atoms with Crippen molar-refractivity contribution in [3.63, 3.8) is 0 Å². The zero-order valence-electron chi connectivity index (χ0n) is 11.2. The van der Waals surface area contributed by atoms with Gasteiger partial charge < -0.3 is 24.8 Å². The first kappa shape index (κ1) is 14.4. The third kappa shape index (κ3) is 3.11. The SMILES string of the molecule is CCOC1(c2noc([C@@H](O)CCN)n2)CCOCC1. The highest BCUT2D eigenvalue weighted by molar-refractivity contribution is 5.04. The van der Waals surface area contributed by atoms with Crippen molar-refractivity contribution in [1.29, 1.82) is 0 Å². The Balaban J connectivity index is 2.18. The average Bonchev–Trinajstić information content (AvgIpc) is 2.91. The molecule has 0 saturated carbocycles. The first-order chi connectivity index (χ1) is 9.22. The monoisotopic (exact) mass is 271 g/mol. The molecule has 19 heavy (non-hydrogen) atoms. The van der Waals surface area contributed by atoms with Gasteiger partial charge in [-0.1, -0.05) is 5.16 Å². The molecule has 0 radical (unpaired) electrons. The smallest absolute Gasteiger partial charge is 0.255 e. The molecule has 0 amide bonds. The summed E-state index contributed by atoms with van der Waals surface area (Å²) in [6.45, 7) is 4.07. The molecule has 1 aliphatic rings. The van der Waals surface area contributed by atoms with E-state index in [1.807, 2.05) is 6.92 Å². The summed E-state index contributed by atoms with van der Waals surface area (Å²) in [5.41, 5.74) is 4.84. The number of aliphatic hydroxyl groups is 1. The van der Waals surface area contributed by atoms with Crippen LogP contribution in [0.25, 0.3) is 0 Å². The summed E-state index contributed by atoms with van der Waals surface area (Å²) in [6, 6.07) is 0. The van der Waals surface area contributed by atoms with Crippen LogP contribution < -0.4 is 5.73 Å². The molecule has 1 saturated heterocycles. The zero-order valence-corrected chi connectivity index (χ0v) is 11.2. The highest BCUT2D eigenvalue weighted by atomic mass is 16.5. The van der Waals surface area contributed by atoms with E-state index < -0.39 is 11.7 Å². The molecule has 108 valence electrons. The minimum absolute atomic E-state index is 0.200. The summed E-state index contributed by atoms with van der Waals surface area (Å²) in [4.78, 5) is 4.28. The van der Waals surface area contributed by atoms with Crippen molar-refractivity contribution in [3.05, 3.63) is 11.7 Å². The van der Waals surface area contributed by atoms with Gasteiger partial charge in [0, 0.05) is 32.7 Å². The maximum atomic E-state index is 9.80. The number of hydrogen-bond acceptors (Lipinski definition) is 7. The van der Waals surface area contributed by atoms with Crippen LogP contribution in [0.4, 0.5) is 0 Å². The molecule has 0 aromatic carbocycles. The van der Waals surface area contributed by atoms with E-state index in [2.05, 4.69) is 10.1 Å². The van der Waals surface area contributed by atoms with Crippen LogP contribution >= 0.6 is 0 Å². The van der Waals surface area contributed by atoms with Gasteiger partial charge in [0.2, 0.25) is 5.82 Å². The van der Waals surface area contributed by atoms with Gasteiger partial charge in [-0.15, -0.1) is 0 Å². The summed E-state index contributed by atoms with van der Waals surface area (Å²) in [5.74, 6) is 0.690. The second-order valence-corrected chi connectivity index (χ2v) is 4.59. The predicted octanol–water partition coefficient (Wildman–Crippen LogP) is 0.494. The van der Waals surface area contributed by atoms with Crippen molar-refractivity contribution in [1.82, 2.24) is 10.1 Å². The Bertz CT molecular complexity index is 385. The largest absolute Gasteiger partial charge is 0.383 e. The van der Waals surface area contributed by atoms with Crippen LogP contribution in [0.15, 0.2) is 4.52 Å². The normalized spacial score (nSPS) is 20.4. The van der Waals surface area contributed by atoms with Crippen molar-refractivity contribution in [2.24, 2.45) is 5.73 Å². The van der Waals surface area contributed by atoms with E-state index in [1.54, 1.807) is 0 Å². The summed E-state index contributed by atoms with van der Waals surface area (Å²) < 4.78 is 16.3. The molecular weight excluding hydrogens is 250 g/mol. The molecule has 1 aliphatic heterocycles. The summed E-state index contributed by atoms with van der Waals surface area (Å²) in [5, 5.41) is 13.8. The van der Waals surface area contributed by atoms with Gasteiger partial charge in [0.25, 0.3) is 5.89 Å². The van der Waals surface area contributed by atoms with Gasteiger partial charge >= 0.3 is 0 Å². The van der Waals surface area contributed by atoms with Gasteiger partial charge in [0.05, 0.1) is 0 Å². The van der Waals surface area contributed by atoms with E-state index in [-0.39, 0.29) is 5.89 Å². The Labute approximate surface area is 112 Å². The molecule has 0 unspecified atom stereocenters. The molecule has 3 N–H and O–H groups in total. The standard InChI is InChI=1S/C12H21N3O4/c1-2-18-12(4-7-17-8-5-12)11-14-10(19-15-11)9(16)3-6-13/h9,16H,2-8,13H2,1H3/t9-/m0/s1. The van der Waals surface area contributed by atoms with E-state index in [9.17, 15) is 5.11 Å². The van der Waals surface area contributed by atoms with E-state index >= 15 is 0 Å². The van der Waals surface area contributed by atoms with Gasteiger partial charge in [0.15, 0.2) is 0 Å². The summed E-state index contributed by atoms with van der Waals surface area (Å²) in [6.07, 6.45) is 0.955. The third-order valence-corrected chi connectivity index (χ3v) is 3.30. The Kier molecular flexibility index (Phi) is 4.87. The van der Waals surface area contributed by atoms with Crippen LogP contribution in [0.1, 0.15) is 44.0 Å². The van der Waals surface area contributed by atoms with Crippen LogP contribution in [0.5, 0.6) is 0 Å². The number of nitrogens with zero attached hydrogens (tertiary/aromatic N) is 2. The first-order valence-corrected chi connectivity index (χ1v) is 6.66. The first-order valence-electron chi connectivity index (χ1n) is 6.66. The van der Waals surface area contributed by atoms with Gasteiger partial charge in [-0.25, -0.2) is 0 Å². The van der Waals surface area contributed by atoms with Gasteiger partial charge in [-0.05, 0) is 19.9 Å². The Morgan fingerprint density at radius 2 is 2.21 bits per heavy atom. The summed E-state index contributed by atoms with van der Waals surface area (Å²) in [7, 11) is 0. The minimum atomic E-state index is -0.815. The topological polar surface area (TPSA) is 104 Å². The molecule has 7 heteroatoms. The molecule has 0 spiro atoms. The van der Waals surface area contributed by atoms with Crippen LogP contribution in [0, 0.1) is 0 Å². The van der Waals surface area contributed by atoms with Crippen molar-refractivity contribution in [2.75, 3.05) is 26.4 Å². The van der Waals surface area contributed by atoms with E-state index in [0.29, 0.717) is 51.5 Å². The second-order valence-electron chi connectivity index (χ2n) is 4.59. The fraction of sp³-hybridized carbons (Fsp3) is 0.833. The molecule has 1 atom stereocenters. The molecule has 0 bridgehead atoms. The highest BCUT2D eigenvalue weighted by Crippen LogP contribution is 2.34. The van der Waals surface area contributed by atoms with Gasteiger partial charge in [-0.2, -0.15) is 4.98 Å². The number of aliphatic hydroxyl groups excluding tert-OH is 1. The molecule has 1 aromatic rings. The molecule has 1 fully saturated rings. The Hall–Kier alpha value is -1.02. The quantitative estimate of drug-likeness (QED) is 0.776. The lowest BCUT2D eigenvalue weighted by molar-refractivity contribution is -0.118. The van der Waals surface area contributed by atoms with E-state index in [1.165, 1.54) is 0 Å². The van der Waals surface area contributed by atoms with E-state index in [4.69, 9.17) is 19.7 Å². The van der Waals surface area contributed by atoms with Gasteiger partial charge in [0.1, 0.15) is 11.7 Å². The Morgan fingerprint density at radius 1 is 1.47 bits per heavy atom. The van der Waals surface area contributed by atoms with Crippen molar-refractivity contribution in [2.45, 2.75) is 37.9 Å².